The molecule has 8 heteroatoms. The van der Waals surface area contributed by atoms with E-state index in [-0.39, 0.29) is 34.8 Å². The fourth-order valence-electron chi connectivity index (χ4n) is 2.90. The normalized spacial score (nSPS) is 10.0. The highest BCUT2D eigenvalue weighted by Crippen LogP contribution is 2.28. The number of Topliss-reactive ketones (excluding diaryl/α,β-unsaturated/α-hetero) is 1. The summed E-state index contributed by atoms with van der Waals surface area (Å²) in [5.41, 5.74) is 1.17. The van der Waals surface area contributed by atoms with Crippen molar-refractivity contribution in [3.05, 3.63) is 83.4 Å². The third-order valence-electron chi connectivity index (χ3n) is 4.38. The van der Waals surface area contributed by atoms with Gasteiger partial charge in [0.1, 0.15) is 11.5 Å². The number of carbonyl (C=O) groups excluding carboxylic acids is 2. The van der Waals surface area contributed by atoms with Crippen molar-refractivity contribution < 1.29 is 28.7 Å². The van der Waals surface area contributed by atoms with Crippen LogP contribution in [0.2, 0.25) is 0 Å². The number of rotatable bonds is 10. The fraction of sp³-hybridized carbons (Fsp3) is 0.0833. The topological polar surface area (TPSA) is 95.8 Å². The molecule has 0 N–H and O–H groups in total. The number of ether oxygens (including phenoxy) is 2. The molecule has 32 heavy (non-hydrogen) atoms. The molecule has 0 saturated carbocycles. The summed E-state index contributed by atoms with van der Waals surface area (Å²) < 4.78 is 10.7. The van der Waals surface area contributed by atoms with Crippen LogP contribution in [-0.2, 0) is 6.42 Å². The number of hydrogen-bond acceptors (Lipinski definition) is 8. The predicted molar refractivity (Wildman–Crippen MR) is 119 cm³/mol. The summed E-state index contributed by atoms with van der Waals surface area (Å²) in [5.74, 6) is 0.503. The molecule has 0 radical (unpaired) electrons. The van der Waals surface area contributed by atoms with Crippen molar-refractivity contribution in [2.24, 2.45) is 10.3 Å². The maximum absolute atomic E-state index is 13.1. The molecule has 0 amide bonds. The van der Waals surface area contributed by atoms with E-state index in [0.29, 0.717) is 11.5 Å². The lowest BCUT2D eigenvalue weighted by Crippen LogP contribution is -2.13. The first-order valence-corrected chi connectivity index (χ1v) is 9.42. The summed E-state index contributed by atoms with van der Waals surface area (Å²) in [7, 11) is 1.55. The van der Waals surface area contributed by atoms with Crippen LogP contribution in [0, 0.1) is 0 Å². The molecule has 3 aromatic carbocycles. The van der Waals surface area contributed by atoms with Gasteiger partial charge >= 0.3 is 5.97 Å². The van der Waals surface area contributed by atoms with Crippen molar-refractivity contribution in [1.82, 2.24) is 0 Å². The molecule has 0 heterocycles. The summed E-state index contributed by atoms with van der Waals surface area (Å²) in [6.07, 6.45) is 0.0628. The Morgan fingerprint density at radius 3 is 2.22 bits per heavy atom. The molecule has 0 aromatic heterocycles. The SMILES string of the molecule is C=NOc1ccc(C(=O)Oc2ccc(ON=C)cc2C(=O)Cc2cccc(OC)c2)cc1. The van der Waals surface area contributed by atoms with Crippen molar-refractivity contribution >= 4 is 25.2 Å². The molecule has 0 aliphatic carbocycles. The van der Waals surface area contributed by atoms with Gasteiger partial charge in [-0.1, -0.05) is 22.4 Å². The highest BCUT2D eigenvalue weighted by atomic mass is 16.6. The summed E-state index contributed by atoms with van der Waals surface area (Å²) in [6, 6.07) is 17.7. The first-order valence-electron chi connectivity index (χ1n) is 9.42. The Kier molecular flexibility index (Phi) is 7.32. The van der Waals surface area contributed by atoms with E-state index >= 15 is 0 Å². The van der Waals surface area contributed by atoms with Crippen molar-refractivity contribution in [2.75, 3.05) is 7.11 Å². The second-order valence-corrected chi connectivity index (χ2v) is 6.46. The number of methoxy groups -OCH3 is 1. The van der Waals surface area contributed by atoms with Gasteiger partial charge in [-0.2, -0.15) is 0 Å². The number of nitrogens with zero attached hydrogens (tertiary/aromatic N) is 2. The molecule has 0 bridgehead atoms. The zero-order valence-electron chi connectivity index (χ0n) is 17.3. The first kappa shape index (κ1) is 22.2. The second-order valence-electron chi connectivity index (χ2n) is 6.46. The Bertz CT molecular complexity index is 1140. The molecule has 0 fully saturated rings. The van der Waals surface area contributed by atoms with Gasteiger partial charge in [-0.3, -0.25) is 4.79 Å². The van der Waals surface area contributed by atoms with E-state index in [1.54, 1.807) is 43.5 Å². The van der Waals surface area contributed by atoms with E-state index in [0.717, 1.165) is 5.56 Å². The van der Waals surface area contributed by atoms with Crippen LogP contribution in [0.4, 0.5) is 0 Å². The molecule has 0 saturated heterocycles. The molecule has 3 aromatic rings. The van der Waals surface area contributed by atoms with E-state index in [1.165, 1.54) is 30.3 Å². The van der Waals surface area contributed by atoms with Gasteiger partial charge in [-0.15, -0.1) is 0 Å². The number of esters is 1. The van der Waals surface area contributed by atoms with E-state index < -0.39 is 5.97 Å². The summed E-state index contributed by atoms with van der Waals surface area (Å²) >= 11 is 0. The molecular formula is C24H20N2O6. The number of ketones is 1. The van der Waals surface area contributed by atoms with Gasteiger partial charge in [0.25, 0.3) is 0 Å². The van der Waals surface area contributed by atoms with Crippen LogP contribution in [0.1, 0.15) is 26.3 Å². The molecule has 0 atom stereocenters. The Morgan fingerprint density at radius 1 is 0.844 bits per heavy atom. The van der Waals surface area contributed by atoms with Crippen LogP contribution in [0.3, 0.4) is 0 Å². The van der Waals surface area contributed by atoms with Gasteiger partial charge in [0.05, 0.1) is 18.2 Å². The van der Waals surface area contributed by atoms with Gasteiger partial charge < -0.3 is 19.1 Å². The fourth-order valence-corrected chi connectivity index (χ4v) is 2.90. The zero-order chi connectivity index (χ0) is 22.9. The maximum atomic E-state index is 13.1. The van der Waals surface area contributed by atoms with Crippen LogP contribution in [0.15, 0.2) is 77.0 Å². The maximum Gasteiger partial charge on any atom is 0.343 e. The molecule has 0 spiro atoms. The lowest BCUT2D eigenvalue weighted by molar-refractivity contribution is 0.0732. The Labute approximate surface area is 184 Å². The average Bonchev–Trinajstić information content (AvgIpc) is 2.81. The van der Waals surface area contributed by atoms with E-state index in [1.807, 2.05) is 0 Å². The van der Waals surface area contributed by atoms with Gasteiger partial charge in [0.2, 0.25) is 0 Å². The summed E-state index contributed by atoms with van der Waals surface area (Å²) in [5, 5.41) is 6.68. The minimum Gasteiger partial charge on any atom is -0.497 e. The Hall–Kier alpha value is -4.46. The van der Waals surface area contributed by atoms with E-state index in [4.69, 9.17) is 19.1 Å². The molecular weight excluding hydrogens is 412 g/mol. The van der Waals surface area contributed by atoms with Crippen molar-refractivity contribution in [3.63, 3.8) is 0 Å². The number of benzene rings is 3. The monoisotopic (exact) mass is 432 g/mol. The van der Waals surface area contributed by atoms with Crippen molar-refractivity contribution in [3.8, 4) is 23.0 Å². The van der Waals surface area contributed by atoms with Crippen LogP contribution >= 0.6 is 0 Å². The van der Waals surface area contributed by atoms with Crippen LogP contribution in [-0.4, -0.2) is 32.3 Å². The van der Waals surface area contributed by atoms with Crippen molar-refractivity contribution in [2.45, 2.75) is 6.42 Å². The van der Waals surface area contributed by atoms with Crippen LogP contribution < -0.4 is 19.1 Å². The molecule has 0 unspecified atom stereocenters. The zero-order valence-corrected chi connectivity index (χ0v) is 17.3. The third-order valence-corrected chi connectivity index (χ3v) is 4.38. The molecule has 8 nitrogen and oxygen atoms in total. The highest BCUT2D eigenvalue weighted by Gasteiger charge is 2.19. The second kappa shape index (κ2) is 10.5. The minimum atomic E-state index is -0.644. The molecule has 0 aliphatic heterocycles. The summed E-state index contributed by atoms with van der Waals surface area (Å²) in [6.45, 7) is 6.50. The minimum absolute atomic E-state index is 0.0628. The smallest absolute Gasteiger partial charge is 0.343 e. The molecule has 3 rings (SSSR count). The van der Waals surface area contributed by atoms with Gasteiger partial charge in [-0.05, 0) is 60.2 Å². The average molecular weight is 432 g/mol. The lowest BCUT2D eigenvalue weighted by Gasteiger charge is -2.11. The van der Waals surface area contributed by atoms with Crippen LogP contribution in [0.5, 0.6) is 23.0 Å². The predicted octanol–water partition coefficient (Wildman–Crippen LogP) is 4.33. The number of oxime groups is 2. The van der Waals surface area contributed by atoms with E-state index in [2.05, 4.69) is 23.7 Å². The van der Waals surface area contributed by atoms with Gasteiger partial charge in [-0.25, -0.2) is 4.79 Å². The first-order chi connectivity index (χ1) is 15.5. The third kappa shape index (κ3) is 5.57. The summed E-state index contributed by atoms with van der Waals surface area (Å²) in [4.78, 5) is 35.6. The quantitative estimate of drug-likeness (QED) is 0.156. The molecule has 0 aliphatic rings. The lowest BCUT2D eigenvalue weighted by atomic mass is 10.0. The van der Waals surface area contributed by atoms with Gasteiger partial charge in [0, 0.05) is 19.9 Å². The highest BCUT2D eigenvalue weighted by molar-refractivity contribution is 6.02. The number of hydrogen-bond donors (Lipinski definition) is 0. The van der Waals surface area contributed by atoms with E-state index in [9.17, 15) is 9.59 Å². The standard InChI is InChI=1S/C24H20N2O6/c1-25-31-18-9-7-17(8-10-18)24(28)30-23-12-11-20(32-26-2)15-21(23)22(27)14-16-5-4-6-19(13-16)29-3/h4-13,15H,1-2,14H2,3H3. The Morgan fingerprint density at radius 2 is 1.53 bits per heavy atom. The van der Waals surface area contributed by atoms with Crippen molar-refractivity contribution in [1.29, 1.82) is 0 Å². The largest absolute Gasteiger partial charge is 0.497 e. The molecule has 162 valence electrons. The van der Waals surface area contributed by atoms with Gasteiger partial charge in [0.15, 0.2) is 17.3 Å². The van der Waals surface area contributed by atoms with Crippen LogP contribution in [0.25, 0.3) is 0 Å². The number of carbonyl (C=O) groups is 2. The Balaban J connectivity index is 1.86.